The van der Waals surface area contributed by atoms with Gasteiger partial charge in [-0.25, -0.2) is 8.57 Å². The summed E-state index contributed by atoms with van der Waals surface area (Å²) in [6.45, 7) is 2.23. The zero-order valence-corrected chi connectivity index (χ0v) is 22.2. The number of alkyl halides is 6. The average Bonchev–Trinajstić information content (AvgIpc) is 2.83. The third-order valence-electron chi connectivity index (χ3n) is 5.74. The number of anilines is 2. The van der Waals surface area contributed by atoms with E-state index in [1.54, 1.807) is 0 Å². The molecule has 41 heavy (non-hydrogen) atoms. The summed E-state index contributed by atoms with van der Waals surface area (Å²) >= 11 is 0. The molecule has 0 bridgehead atoms. The van der Waals surface area contributed by atoms with Crippen molar-refractivity contribution in [1.29, 1.82) is 0 Å². The molecule has 0 saturated heterocycles. The molecule has 0 saturated carbocycles. The Labute approximate surface area is 229 Å². The van der Waals surface area contributed by atoms with Crippen molar-refractivity contribution in [3.05, 3.63) is 94.3 Å². The van der Waals surface area contributed by atoms with Crippen LogP contribution in [-0.4, -0.2) is 38.8 Å². The first-order valence-corrected chi connectivity index (χ1v) is 13.2. The van der Waals surface area contributed by atoms with Crippen molar-refractivity contribution >= 4 is 33.3 Å². The molecule has 0 heterocycles. The SMILES string of the molecule is Cc1cc(C(OS(C)(=O)=O)(C(F)(F)F)C(F)(F)F)cc(C)c1NC(=O)c1cccc(NC(=O)c2ccc(F)cc2)c1. The molecule has 2 N–H and O–H groups in total. The van der Waals surface area contributed by atoms with Crippen molar-refractivity contribution < 1.29 is 52.9 Å². The summed E-state index contributed by atoms with van der Waals surface area (Å²) in [5.41, 5.74) is -7.17. The smallest absolute Gasteiger partial charge is 0.322 e. The minimum Gasteiger partial charge on any atom is -0.322 e. The number of carbonyl (C=O) groups excluding carboxylic acids is 2. The molecule has 0 atom stereocenters. The van der Waals surface area contributed by atoms with Gasteiger partial charge in [0.05, 0.1) is 6.26 Å². The molecule has 3 aromatic rings. The first-order valence-electron chi connectivity index (χ1n) is 11.4. The number of benzene rings is 3. The predicted molar refractivity (Wildman–Crippen MR) is 134 cm³/mol. The van der Waals surface area contributed by atoms with Gasteiger partial charge in [-0.1, -0.05) is 18.2 Å². The first-order chi connectivity index (χ1) is 18.7. The van der Waals surface area contributed by atoms with Crippen molar-refractivity contribution in [3.63, 3.8) is 0 Å². The van der Waals surface area contributed by atoms with Crippen LogP contribution in [-0.2, 0) is 19.9 Å². The highest BCUT2D eigenvalue weighted by molar-refractivity contribution is 7.86. The minimum absolute atomic E-state index is 0.0369. The topological polar surface area (TPSA) is 102 Å². The van der Waals surface area contributed by atoms with E-state index in [-0.39, 0.29) is 39.9 Å². The number of aryl methyl sites for hydroxylation is 2. The van der Waals surface area contributed by atoms with E-state index in [4.69, 9.17) is 0 Å². The normalized spacial score (nSPS) is 12.6. The fourth-order valence-electron chi connectivity index (χ4n) is 3.95. The number of hydrogen-bond donors (Lipinski definition) is 2. The van der Waals surface area contributed by atoms with Crippen LogP contribution in [0.1, 0.15) is 37.4 Å². The van der Waals surface area contributed by atoms with Gasteiger partial charge in [-0.05, 0) is 67.4 Å². The summed E-state index contributed by atoms with van der Waals surface area (Å²) < 4.78 is 123. The molecule has 0 radical (unpaired) electrons. The minimum atomic E-state index is -6.24. The summed E-state index contributed by atoms with van der Waals surface area (Å²) in [5, 5.41) is 4.92. The van der Waals surface area contributed by atoms with Crippen LogP contribution in [0.5, 0.6) is 0 Å². The fourth-order valence-corrected chi connectivity index (χ4v) is 4.69. The lowest BCUT2D eigenvalue weighted by molar-refractivity contribution is -0.364. The van der Waals surface area contributed by atoms with Crippen LogP contribution >= 0.6 is 0 Å². The molecular weight excluding hydrogens is 585 g/mol. The zero-order chi connectivity index (χ0) is 31.0. The molecule has 0 spiro atoms. The van der Waals surface area contributed by atoms with Crippen LogP contribution in [0.15, 0.2) is 60.7 Å². The van der Waals surface area contributed by atoms with Crippen molar-refractivity contribution in [3.8, 4) is 0 Å². The van der Waals surface area contributed by atoms with E-state index in [9.17, 15) is 48.7 Å². The monoisotopic (exact) mass is 606 g/mol. The van der Waals surface area contributed by atoms with Crippen LogP contribution in [0.4, 0.5) is 42.1 Å². The van der Waals surface area contributed by atoms with Gasteiger partial charge in [0, 0.05) is 28.1 Å². The van der Waals surface area contributed by atoms with Gasteiger partial charge in [0.25, 0.3) is 21.9 Å². The second-order valence-electron chi connectivity index (χ2n) is 8.95. The maximum absolute atomic E-state index is 13.9. The lowest BCUT2D eigenvalue weighted by atomic mass is 9.89. The third-order valence-corrected chi connectivity index (χ3v) is 6.29. The van der Waals surface area contributed by atoms with Gasteiger partial charge in [0.1, 0.15) is 5.82 Å². The summed E-state index contributed by atoms with van der Waals surface area (Å²) in [5.74, 6) is -1.99. The Bertz CT molecular complexity index is 1550. The summed E-state index contributed by atoms with van der Waals surface area (Å²) in [6.07, 6.45) is -12.4. The highest BCUT2D eigenvalue weighted by Crippen LogP contribution is 2.54. The Hall–Kier alpha value is -3.98. The highest BCUT2D eigenvalue weighted by Gasteiger charge is 2.75. The van der Waals surface area contributed by atoms with E-state index in [0.717, 1.165) is 26.0 Å². The second-order valence-corrected chi connectivity index (χ2v) is 10.5. The molecule has 0 unspecified atom stereocenters. The molecule has 0 aliphatic carbocycles. The van der Waals surface area contributed by atoms with Crippen LogP contribution in [0.2, 0.25) is 0 Å². The molecular formula is C26H21F7N2O5S. The molecule has 15 heteroatoms. The summed E-state index contributed by atoms with van der Waals surface area (Å²) in [4.78, 5) is 25.3. The number of rotatable bonds is 7. The summed E-state index contributed by atoms with van der Waals surface area (Å²) in [6, 6.07) is 10.9. The van der Waals surface area contributed by atoms with Crippen LogP contribution < -0.4 is 10.6 Å². The van der Waals surface area contributed by atoms with Crippen LogP contribution in [0.3, 0.4) is 0 Å². The molecule has 0 fully saturated rings. The Kier molecular flexibility index (Phi) is 8.56. The first kappa shape index (κ1) is 31.5. The maximum atomic E-state index is 13.9. The Balaban J connectivity index is 1.95. The maximum Gasteiger partial charge on any atom is 0.432 e. The van der Waals surface area contributed by atoms with Gasteiger partial charge in [-0.15, -0.1) is 0 Å². The number of amides is 2. The van der Waals surface area contributed by atoms with Crippen molar-refractivity contribution in [2.45, 2.75) is 31.8 Å². The summed E-state index contributed by atoms with van der Waals surface area (Å²) in [7, 11) is -5.28. The van der Waals surface area contributed by atoms with E-state index < -0.39 is 51.3 Å². The zero-order valence-electron chi connectivity index (χ0n) is 21.4. The van der Waals surface area contributed by atoms with Gasteiger partial charge in [-0.3, -0.25) is 9.59 Å². The fraction of sp³-hybridized carbons (Fsp3) is 0.231. The molecule has 0 aliphatic rings. The van der Waals surface area contributed by atoms with Crippen molar-refractivity contribution in [2.24, 2.45) is 0 Å². The van der Waals surface area contributed by atoms with E-state index in [1.165, 1.54) is 36.4 Å². The molecule has 0 aliphatic heterocycles. The molecule has 7 nitrogen and oxygen atoms in total. The van der Waals surface area contributed by atoms with Gasteiger partial charge < -0.3 is 10.6 Å². The van der Waals surface area contributed by atoms with Crippen molar-refractivity contribution in [1.82, 2.24) is 0 Å². The van der Waals surface area contributed by atoms with Gasteiger partial charge >= 0.3 is 18.0 Å². The second kappa shape index (κ2) is 11.1. The predicted octanol–water partition coefficient (Wildman–Crippen LogP) is 6.24. The van der Waals surface area contributed by atoms with Crippen LogP contribution in [0.25, 0.3) is 0 Å². The average molecular weight is 607 g/mol. The Morgan fingerprint density at radius 1 is 0.756 bits per heavy atom. The van der Waals surface area contributed by atoms with E-state index in [0.29, 0.717) is 12.1 Å². The number of hydrogen-bond acceptors (Lipinski definition) is 5. The largest absolute Gasteiger partial charge is 0.432 e. The van der Waals surface area contributed by atoms with Crippen molar-refractivity contribution in [2.75, 3.05) is 16.9 Å². The standard InChI is InChI=1S/C26H21F7N2O5S/c1-14-11-18(24(25(28,29)30,26(31,32)33)40-41(3,38)39)12-15(2)21(14)35-23(37)17-5-4-6-20(13-17)34-22(36)16-7-9-19(27)10-8-16/h4-13H,1-3H3,(H,34,36)(H,35,37). The lowest BCUT2D eigenvalue weighted by Gasteiger charge is -2.36. The van der Waals surface area contributed by atoms with Crippen LogP contribution in [0, 0.1) is 19.7 Å². The number of carbonyl (C=O) groups is 2. The van der Waals surface area contributed by atoms with Gasteiger partial charge in [0.15, 0.2) is 0 Å². The Morgan fingerprint density at radius 3 is 1.76 bits per heavy atom. The highest BCUT2D eigenvalue weighted by atomic mass is 32.2. The van der Waals surface area contributed by atoms with E-state index >= 15 is 0 Å². The number of nitrogens with one attached hydrogen (secondary N) is 2. The molecule has 2 amide bonds. The van der Waals surface area contributed by atoms with E-state index in [1.807, 2.05) is 0 Å². The van der Waals surface area contributed by atoms with Gasteiger partial charge in [-0.2, -0.15) is 34.8 Å². The number of halogens is 7. The quantitative estimate of drug-likeness (QED) is 0.245. The molecule has 220 valence electrons. The third kappa shape index (κ3) is 6.85. The molecule has 0 aromatic heterocycles. The van der Waals surface area contributed by atoms with E-state index in [2.05, 4.69) is 14.8 Å². The lowest BCUT2D eigenvalue weighted by Crippen LogP contribution is -2.56. The van der Waals surface area contributed by atoms with Gasteiger partial charge in [0.2, 0.25) is 0 Å². The molecule has 3 aromatic carbocycles. The Morgan fingerprint density at radius 2 is 1.27 bits per heavy atom. The molecule has 3 rings (SSSR count).